The van der Waals surface area contributed by atoms with E-state index in [1.807, 2.05) is 85.8 Å². The molecule has 192 valence electrons. The van der Waals surface area contributed by atoms with Gasteiger partial charge in [0.25, 0.3) is 10.0 Å². The largest absolute Gasteiger partial charge is 0.338 e. The molecule has 4 aromatic carbocycles. The quantitative estimate of drug-likeness (QED) is 0.269. The maximum absolute atomic E-state index is 13.3. The van der Waals surface area contributed by atoms with Crippen LogP contribution in [0.15, 0.2) is 120 Å². The minimum atomic E-state index is -3.72. The van der Waals surface area contributed by atoms with Crippen LogP contribution in [0.4, 0.5) is 4.79 Å². The number of rotatable bonds is 8. The Labute approximate surface area is 223 Å². The van der Waals surface area contributed by atoms with Crippen LogP contribution < -0.4 is 10.6 Å². The third-order valence-corrected chi connectivity index (χ3v) is 8.24. The van der Waals surface area contributed by atoms with E-state index in [2.05, 4.69) is 10.6 Å². The molecule has 1 heterocycles. The summed E-state index contributed by atoms with van der Waals surface area (Å²) in [5.41, 5.74) is 4.53. The van der Waals surface area contributed by atoms with Crippen LogP contribution >= 0.6 is 0 Å². The maximum atomic E-state index is 13.3. The van der Waals surface area contributed by atoms with E-state index in [0.29, 0.717) is 18.5 Å². The molecule has 38 heavy (non-hydrogen) atoms. The van der Waals surface area contributed by atoms with Crippen LogP contribution in [0.2, 0.25) is 0 Å². The molecule has 0 radical (unpaired) electrons. The smallest absolute Gasteiger partial charge is 0.315 e. The van der Waals surface area contributed by atoms with Gasteiger partial charge in [-0.3, -0.25) is 0 Å². The number of urea groups is 1. The fourth-order valence-corrected chi connectivity index (χ4v) is 5.84. The second kappa shape index (κ2) is 10.9. The Hall–Kier alpha value is -4.36. The summed E-state index contributed by atoms with van der Waals surface area (Å²) in [5, 5.41) is 6.86. The predicted molar refractivity (Wildman–Crippen MR) is 151 cm³/mol. The first-order valence-corrected chi connectivity index (χ1v) is 13.9. The highest BCUT2D eigenvalue weighted by molar-refractivity contribution is 7.90. The van der Waals surface area contributed by atoms with Gasteiger partial charge in [-0.2, -0.15) is 0 Å². The van der Waals surface area contributed by atoms with Gasteiger partial charge in [-0.05, 0) is 54.3 Å². The Morgan fingerprint density at radius 2 is 1.45 bits per heavy atom. The van der Waals surface area contributed by atoms with Crippen LogP contribution in [0, 0.1) is 6.92 Å². The van der Waals surface area contributed by atoms with Crippen LogP contribution in [-0.2, 0) is 16.4 Å². The Bertz CT molecular complexity index is 1610. The number of aromatic nitrogens is 1. The van der Waals surface area contributed by atoms with Gasteiger partial charge in [0.1, 0.15) is 0 Å². The van der Waals surface area contributed by atoms with Crippen molar-refractivity contribution in [2.45, 2.75) is 24.3 Å². The third-order valence-electron chi connectivity index (χ3n) is 6.54. The number of hydrogen-bond acceptors (Lipinski definition) is 3. The van der Waals surface area contributed by atoms with E-state index in [-0.39, 0.29) is 17.0 Å². The van der Waals surface area contributed by atoms with E-state index >= 15 is 0 Å². The van der Waals surface area contributed by atoms with Crippen molar-refractivity contribution >= 4 is 27.0 Å². The Balaban J connectivity index is 1.28. The number of fused-ring (bicyclic) bond motifs is 1. The van der Waals surface area contributed by atoms with Crippen molar-refractivity contribution < 1.29 is 13.2 Å². The van der Waals surface area contributed by atoms with E-state index in [9.17, 15) is 13.2 Å². The molecular formula is C31H29N3O3S. The topological polar surface area (TPSA) is 80.2 Å². The number of nitrogens with zero attached hydrogens (tertiary/aromatic N) is 1. The number of aryl methyl sites for hydroxylation is 1. The molecule has 1 aromatic heterocycles. The highest BCUT2D eigenvalue weighted by Gasteiger charge is 2.19. The monoisotopic (exact) mass is 523 g/mol. The minimum Gasteiger partial charge on any atom is -0.338 e. The number of benzene rings is 4. The average molecular weight is 524 g/mol. The van der Waals surface area contributed by atoms with E-state index in [4.69, 9.17) is 0 Å². The van der Waals surface area contributed by atoms with Crippen molar-refractivity contribution in [2.75, 3.05) is 6.54 Å². The Kier molecular flexibility index (Phi) is 7.29. The summed E-state index contributed by atoms with van der Waals surface area (Å²) >= 11 is 0. The zero-order valence-corrected chi connectivity index (χ0v) is 21.9. The number of amides is 2. The van der Waals surface area contributed by atoms with Gasteiger partial charge in [-0.15, -0.1) is 0 Å². The molecule has 2 amide bonds. The van der Waals surface area contributed by atoms with Gasteiger partial charge in [0.05, 0.1) is 16.5 Å². The highest BCUT2D eigenvalue weighted by Crippen LogP contribution is 2.24. The fourth-order valence-electron chi connectivity index (χ4n) is 4.49. The summed E-state index contributed by atoms with van der Waals surface area (Å²) in [6.07, 6.45) is 2.14. The molecule has 7 heteroatoms. The van der Waals surface area contributed by atoms with Crippen LogP contribution in [0.3, 0.4) is 0 Å². The summed E-state index contributed by atoms with van der Waals surface area (Å²) in [5.74, 6) is 0. The SMILES string of the molecule is Cc1ccc(S(=O)(=O)n2ccc3ccc(CCNC(=O)NC(c4ccccc4)c4ccccc4)cc32)cc1. The van der Waals surface area contributed by atoms with Crippen LogP contribution in [-0.4, -0.2) is 25.0 Å². The van der Waals surface area contributed by atoms with E-state index < -0.39 is 10.0 Å². The summed E-state index contributed by atoms with van der Waals surface area (Å²) in [6.45, 7) is 2.32. The van der Waals surface area contributed by atoms with Gasteiger partial charge in [0.15, 0.2) is 0 Å². The predicted octanol–water partition coefficient (Wildman–Crippen LogP) is 5.82. The molecule has 2 N–H and O–H groups in total. The van der Waals surface area contributed by atoms with Crippen molar-refractivity contribution in [2.24, 2.45) is 0 Å². The molecule has 0 atom stereocenters. The van der Waals surface area contributed by atoms with Gasteiger partial charge in [0.2, 0.25) is 0 Å². The van der Waals surface area contributed by atoms with E-state index in [0.717, 1.165) is 27.6 Å². The first-order valence-electron chi connectivity index (χ1n) is 12.5. The van der Waals surface area contributed by atoms with Gasteiger partial charge in [-0.1, -0.05) is 90.5 Å². The Morgan fingerprint density at radius 1 is 0.816 bits per heavy atom. The highest BCUT2D eigenvalue weighted by atomic mass is 32.2. The molecule has 0 spiro atoms. The molecule has 0 saturated carbocycles. The standard InChI is InChI=1S/C31H29N3O3S/c1-23-12-16-28(17-13-23)38(36,37)34-21-19-25-15-14-24(22-29(25)34)18-20-32-31(35)33-30(26-8-4-2-5-9-26)27-10-6-3-7-11-27/h2-17,19,21-22,30H,18,20H2,1H3,(H2,32,33,35). The second-order valence-electron chi connectivity index (χ2n) is 9.23. The number of nitrogens with one attached hydrogen (secondary N) is 2. The molecular weight excluding hydrogens is 494 g/mol. The van der Waals surface area contributed by atoms with Gasteiger partial charge < -0.3 is 10.6 Å². The lowest BCUT2D eigenvalue weighted by atomic mass is 9.99. The van der Waals surface area contributed by atoms with Crippen LogP contribution in [0.1, 0.15) is 28.3 Å². The number of carbonyl (C=O) groups excluding carboxylic acids is 1. The van der Waals surface area contributed by atoms with Crippen LogP contribution in [0.5, 0.6) is 0 Å². The second-order valence-corrected chi connectivity index (χ2v) is 11.0. The number of hydrogen-bond donors (Lipinski definition) is 2. The van der Waals surface area contributed by atoms with Crippen LogP contribution in [0.25, 0.3) is 10.9 Å². The first-order chi connectivity index (χ1) is 18.4. The van der Waals surface area contributed by atoms with Gasteiger partial charge in [0, 0.05) is 18.1 Å². The molecule has 0 aliphatic carbocycles. The van der Waals surface area contributed by atoms with Gasteiger partial charge >= 0.3 is 6.03 Å². The summed E-state index contributed by atoms with van der Waals surface area (Å²) in [7, 11) is -3.72. The normalized spacial score (nSPS) is 11.5. The molecule has 0 aliphatic heterocycles. The average Bonchev–Trinajstić information content (AvgIpc) is 3.37. The molecule has 5 rings (SSSR count). The molecule has 0 unspecified atom stereocenters. The summed E-state index contributed by atoms with van der Waals surface area (Å²) < 4.78 is 27.9. The molecule has 6 nitrogen and oxygen atoms in total. The molecule has 0 bridgehead atoms. The van der Waals surface area contributed by atoms with Crippen molar-refractivity contribution in [1.29, 1.82) is 0 Å². The van der Waals surface area contributed by atoms with Gasteiger partial charge in [-0.25, -0.2) is 17.2 Å². The van der Waals surface area contributed by atoms with Crippen molar-refractivity contribution in [3.05, 3.63) is 138 Å². The molecule has 5 aromatic rings. The zero-order chi connectivity index (χ0) is 26.5. The zero-order valence-electron chi connectivity index (χ0n) is 21.0. The lowest BCUT2D eigenvalue weighted by Crippen LogP contribution is -2.39. The molecule has 0 fully saturated rings. The third kappa shape index (κ3) is 5.48. The lowest BCUT2D eigenvalue weighted by Gasteiger charge is -2.20. The van der Waals surface area contributed by atoms with Crippen molar-refractivity contribution in [3.63, 3.8) is 0 Å². The van der Waals surface area contributed by atoms with E-state index in [1.165, 1.54) is 3.97 Å². The molecule has 0 saturated heterocycles. The maximum Gasteiger partial charge on any atom is 0.315 e. The van der Waals surface area contributed by atoms with Crippen molar-refractivity contribution in [3.8, 4) is 0 Å². The fraction of sp³-hybridized carbons (Fsp3) is 0.129. The summed E-state index contributed by atoms with van der Waals surface area (Å²) in [6, 6.07) is 33.5. The first kappa shape index (κ1) is 25.3. The van der Waals surface area contributed by atoms with Crippen molar-refractivity contribution in [1.82, 2.24) is 14.6 Å². The van der Waals surface area contributed by atoms with E-state index in [1.54, 1.807) is 36.5 Å². The molecule has 0 aliphatic rings. The minimum absolute atomic E-state index is 0.246. The number of carbonyl (C=O) groups is 1. The summed E-state index contributed by atoms with van der Waals surface area (Å²) in [4.78, 5) is 13.1. The lowest BCUT2D eigenvalue weighted by molar-refractivity contribution is 0.239. The Morgan fingerprint density at radius 3 is 2.08 bits per heavy atom.